The molecule has 105 heavy (non-hydrogen) atoms. The molecule has 0 bridgehead atoms. The standard InChI is InChI=1S/C79H58Cl2F9N3O12/c1-42-27-30-52(71(92-42)59-24-11-19-53(75(59)104-41-79(88,89)90)49-17-12-26-65(105-43(2)95)68(49)57-22-8-16-48(44-13-7-14-47(96)35-44)73(57)102-39-77(82,83)84)54-20-10-23-58(74(54)103-40-78(85,86)87)69-50(31-32-60(72(69)98)76(99)101-4)51-18-9-21-56(70(51)81)67-61(45-28-29-46(33-34-94)91-38-45)36-63(55-15-5-6-25-62(55)80)93-64(67)37-66(97)100-3/h5-32,35-36,38,94,96,98H,33-34,37,39-41H2,1-4H3. The summed E-state index contributed by atoms with van der Waals surface area (Å²) in [7, 11) is 2.20. The molecule has 0 fully saturated rings. The number of halogens is 11. The number of aliphatic hydroxyl groups excluding tert-OH is 1. The number of pyridine rings is 3. The van der Waals surface area contributed by atoms with Crippen LogP contribution in [0.5, 0.6) is 34.5 Å². The van der Waals surface area contributed by atoms with Crippen LogP contribution < -0.4 is 18.9 Å². The highest BCUT2D eigenvalue weighted by atomic mass is 35.5. The molecule has 0 radical (unpaired) electrons. The van der Waals surface area contributed by atoms with Gasteiger partial charge in [-0.2, -0.15) is 39.5 Å². The number of hydrogen-bond donors (Lipinski definition) is 3. The Balaban J connectivity index is 1.17. The van der Waals surface area contributed by atoms with Gasteiger partial charge in [0.2, 0.25) is 0 Å². The highest BCUT2D eigenvalue weighted by Gasteiger charge is 2.36. The fourth-order valence-electron chi connectivity index (χ4n) is 12.1. The van der Waals surface area contributed by atoms with Crippen molar-refractivity contribution in [3.63, 3.8) is 0 Å². The summed E-state index contributed by atoms with van der Waals surface area (Å²) in [6.07, 6.45) is -13.9. The van der Waals surface area contributed by atoms with Crippen LogP contribution in [0.4, 0.5) is 39.5 Å². The van der Waals surface area contributed by atoms with Crippen LogP contribution in [-0.4, -0.2) is 107 Å². The van der Waals surface area contributed by atoms with E-state index in [0.717, 1.165) is 14.0 Å². The third-order valence-corrected chi connectivity index (χ3v) is 17.2. The summed E-state index contributed by atoms with van der Waals surface area (Å²) in [5.74, 6) is -6.00. The van der Waals surface area contributed by atoms with Crippen LogP contribution in [0.3, 0.4) is 0 Å². The van der Waals surface area contributed by atoms with Gasteiger partial charge in [0.25, 0.3) is 0 Å². The molecule has 0 aliphatic carbocycles. The van der Waals surface area contributed by atoms with Crippen molar-refractivity contribution in [3.8, 4) is 146 Å². The average molecular weight is 1480 g/mol. The number of para-hydroxylation sites is 3. The molecule has 538 valence electrons. The first kappa shape index (κ1) is 74.7. The van der Waals surface area contributed by atoms with Gasteiger partial charge >= 0.3 is 36.4 Å². The van der Waals surface area contributed by atoms with Crippen LogP contribution in [0.15, 0.2) is 188 Å². The number of carbonyl (C=O) groups is 3. The van der Waals surface area contributed by atoms with Crippen molar-refractivity contribution in [2.24, 2.45) is 0 Å². The molecule has 0 aliphatic heterocycles. The van der Waals surface area contributed by atoms with Crippen LogP contribution in [0.2, 0.25) is 10.0 Å². The predicted octanol–water partition coefficient (Wildman–Crippen LogP) is 19.4. The summed E-state index contributed by atoms with van der Waals surface area (Å²) in [4.78, 5) is 54.6. The Labute approximate surface area is 603 Å². The SMILES string of the molecule is COC(=O)Cc1nc(-c2ccccc2Cl)cc(-c2ccc(CCO)nc2)c1-c1cccc(-c2ccc(C(=O)OC)c(O)c2-c2cccc(-c3ccc(C)nc3-c3cccc(-c4cccc(OC(C)=O)c4-c4cccc(-c5cccc(O)c5)c4OCC(F)(F)F)c3OCC(F)(F)F)c2OCC(F)(F)F)c1Cl. The number of esters is 3. The molecule has 0 unspecified atom stereocenters. The van der Waals surface area contributed by atoms with Gasteiger partial charge in [-0.05, 0) is 83.8 Å². The van der Waals surface area contributed by atoms with E-state index in [0.29, 0.717) is 33.1 Å². The maximum Gasteiger partial charge on any atom is 0.422 e. The van der Waals surface area contributed by atoms with Gasteiger partial charge in [0.15, 0.2) is 19.8 Å². The number of benzene rings is 8. The Morgan fingerprint density at radius 3 is 1.65 bits per heavy atom. The first-order chi connectivity index (χ1) is 50.0. The number of hydrogen-bond acceptors (Lipinski definition) is 15. The number of nitrogens with zero attached hydrogens (tertiary/aromatic N) is 3. The topological polar surface area (TPSA) is 206 Å². The molecule has 15 nitrogen and oxygen atoms in total. The quantitative estimate of drug-likeness (QED) is 0.0328. The number of aryl methyl sites for hydroxylation is 1. The predicted molar refractivity (Wildman–Crippen MR) is 376 cm³/mol. The fraction of sp³-hybridized carbons (Fsp3) is 0.165. The van der Waals surface area contributed by atoms with E-state index < -0.39 is 91.2 Å². The lowest BCUT2D eigenvalue weighted by molar-refractivity contribution is -0.154. The van der Waals surface area contributed by atoms with Crippen molar-refractivity contribution in [3.05, 3.63) is 221 Å². The van der Waals surface area contributed by atoms with E-state index >= 15 is 13.2 Å². The van der Waals surface area contributed by atoms with E-state index in [1.54, 1.807) is 60.8 Å². The Morgan fingerprint density at radius 2 is 1.04 bits per heavy atom. The minimum Gasteiger partial charge on any atom is -0.508 e. The number of alkyl halides is 9. The van der Waals surface area contributed by atoms with E-state index in [-0.39, 0.29) is 130 Å². The first-order valence-electron chi connectivity index (χ1n) is 31.8. The van der Waals surface area contributed by atoms with E-state index in [2.05, 4.69) is 4.98 Å². The number of aromatic hydroxyl groups is 2. The zero-order valence-electron chi connectivity index (χ0n) is 55.7. The molecular weight excluding hydrogens is 1420 g/mol. The second-order valence-electron chi connectivity index (χ2n) is 23.6. The summed E-state index contributed by atoms with van der Waals surface area (Å²) in [5, 5.41) is 33.2. The van der Waals surface area contributed by atoms with E-state index in [9.17, 15) is 56.0 Å². The summed E-state index contributed by atoms with van der Waals surface area (Å²) < 4.78 is 166. The van der Waals surface area contributed by atoms with Gasteiger partial charge in [0.1, 0.15) is 40.1 Å². The molecule has 8 aromatic carbocycles. The second kappa shape index (κ2) is 31.2. The Hall–Kier alpha value is -11.5. The van der Waals surface area contributed by atoms with E-state index in [4.69, 9.17) is 61.6 Å². The number of carbonyl (C=O) groups excluding carboxylic acids is 3. The molecule has 3 heterocycles. The van der Waals surface area contributed by atoms with Gasteiger partial charge < -0.3 is 43.7 Å². The first-order valence-corrected chi connectivity index (χ1v) is 32.5. The summed E-state index contributed by atoms with van der Waals surface area (Å²) in [5.41, 5.74) is 0.0928. The molecule has 11 aromatic rings. The minimum absolute atomic E-state index is 0.0166. The zero-order chi connectivity index (χ0) is 75.2. The van der Waals surface area contributed by atoms with Crippen molar-refractivity contribution in [2.45, 2.75) is 45.2 Å². The van der Waals surface area contributed by atoms with Crippen molar-refractivity contribution >= 4 is 41.1 Å². The average Bonchev–Trinajstić information content (AvgIpc) is 0.747. The highest BCUT2D eigenvalue weighted by molar-refractivity contribution is 6.37. The number of phenols is 2. The maximum absolute atomic E-state index is 15.0. The summed E-state index contributed by atoms with van der Waals surface area (Å²) in [6, 6.07) is 43.4. The van der Waals surface area contributed by atoms with E-state index in [1.165, 1.54) is 141 Å². The zero-order valence-corrected chi connectivity index (χ0v) is 57.2. The smallest absolute Gasteiger partial charge is 0.422 e. The molecule has 0 saturated carbocycles. The van der Waals surface area contributed by atoms with Crippen LogP contribution in [0.25, 0.3) is 112 Å². The van der Waals surface area contributed by atoms with Crippen molar-refractivity contribution in [2.75, 3.05) is 40.6 Å². The number of aliphatic hydroxyl groups is 1. The molecular formula is C79H58Cl2F9N3O12. The van der Waals surface area contributed by atoms with Gasteiger partial charge in [-0.3, -0.25) is 24.5 Å². The van der Waals surface area contributed by atoms with Crippen molar-refractivity contribution in [1.29, 1.82) is 0 Å². The van der Waals surface area contributed by atoms with Crippen LogP contribution >= 0.6 is 23.2 Å². The number of phenolic OH excluding ortho intramolecular Hbond substituents is 2. The lowest BCUT2D eigenvalue weighted by atomic mass is 9.86. The normalized spacial score (nSPS) is 11.7. The summed E-state index contributed by atoms with van der Waals surface area (Å²) in [6.45, 7) is -3.58. The number of aromatic nitrogens is 3. The molecule has 26 heteroatoms. The molecule has 0 atom stereocenters. The van der Waals surface area contributed by atoms with Crippen molar-refractivity contribution < 1.29 is 97.6 Å². The molecule has 0 spiro atoms. The molecule has 3 aromatic heterocycles. The third kappa shape index (κ3) is 16.8. The van der Waals surface area contributed by atoms with E-state index in [1.807, 2.05) is 0 Å². The highest BCUT2D eigenvalue weighted by Crippen LogP contribution is 2.55. The van der Waals surface area contributed by atoms with Gasteiger partial charge in [-0.15, -0.1) is 0 Å². The van der Waals surface area contributed by atoms with Crippen LogP contribution in [0, 0.1) is 6.92 Å². The summed E-state index contributed by atoms with van der Waals surface area (Å²) >= 11 is 14.5. The Morgan fingerprint density at radius 1 is 0.495 bits per heavy atom. The van der Waals surface area contributed by atoms with Gasteiger partial charge in [-0.1, -0.05) is 151 Å². The van der Waals surface area contributed by atoms with Crippen LogP contribution in [0.1, 0.15) is 34.4 Å². The third-order valence-electron chi connectivity index (χ3n) is 16.5. The van der Waals surface area contributed by atoms with Crippen molar-refractivity contribution in [1.82, 2.24) is 15.0 Å². The number of rotatable bonds is 22. The molecule has 11 rings (SSSR count). The lowest BCUT2D eigenvalue weighted by Gasteiger charge is -2.24. The molecule has 0 amide bonds. The molecule has 0 aliphatic rings. The maximum atomic E-state index is 15.0. The van der Waals surface area contributed by atoms with Gasteiger partial charge in [0.05, 0.1) is 42.7 Å². The second-order valence-corrected chi connectivity index (χ2v) is 24.4. The van der Waals surface area contributed by atoms with Crippen LogP contribution in [-0.2, 0) is 31.9 Å². The Kier molecular flexibility index (Phi) is 22.2. The number of methoxy groups -OCH3 is 2. The Bertz CT molecular complexity index is 5150. The lowest BCUT2D eigenvalue weighted by Crippen LogP contribution is -2.20. The molecule has 3 N–H and O–H groups in total. The number of ether oxygens (including phenoxy) is 6. The van der Waals surface area contributed by atoms with Gasteiger partial charge in [-0.25, -0.2) is 4.79 Å². The fourth-order valence-corrected chi connectivity index (χ4v) is 12.7. The molecule has 0 saturated heterocycles. The monoisotopic (exact) mass is 1480 g/mol. The largest absolute Gasteiger partial charge is 0.508 e. The van der Waals surface area contributed by atoms with Gasteiger partial charge in [0, 0.05) is 120 Å². The minimum atomic E-state index is -5.11.